The first kappa shape index (κ1) is 12.0. The lowest BCUT2D eigenvalue weighted by Crippen LogP contribution is -2.28. The summed E-state index contributed by atoms with van der Waals surface area (Å²) >= 11 is 0. The van der Waals surface area contributed by atoms with Crippen molar-refractivity contribution in [1.82, 2.24) is 15.3 Å². The molecule has 92 valence electrons. The number of benzene rings is 1. The highest BCUT2D eigenvalue weighted by Crippen LogP contribution is 2.03. The Morgan fingerprint density at radius 3 is 2.94 bits per heavy atom. The summed E-state index contributed by atoms with van der Waals surface area (Å²) < 4.78 is 0. The van der Waals surface area contributed by atoms with E-state index >= 15 is 0 Å². The lowest BCUT2D eigenvalue weighted by molar-refractivity contribution is 0.251. The number of nitrogens with one attached hydrogen (secondary N) is 2. The molecule has 2 N–H and O–H groups in total. The van der Waals surface area contributed by atoms with Crippen LogP contribution in [0.3, 0.4) is 0 Å². The molecule has 2 aromatic rings. The van der Waals surface area contributed by atoms with Crippen LogP contribution in [0.15, 0.2) is 42.9 Å². The van der Waals surface area contributed by atoms with Crippen molar-refractivity contribution in [3.8, 4) is 0 Å². The SMILES string of the molecule is Cc1cccc(CNC(=O)Nc2cnccn2)c1. The lowest BCUT2D eigenvalue weighted by atomic mass is 10.1. The molecule has 1 heterocycles. The monoisotopic (exact) mass is 242 g/mol. The summed E-state index contributed by atoms with van der Waals surface area (Å²) in [5.74, 6) is 0.430. The number of nitrogens with zero attached hydrogens (tertiary/aromatic N) is 2. The number of hydrogen-bond donors (Lipinski definition) is 2. The Labute approximate surface area is 105 Å². The molecule has 0 radical (unpaired) electrons. The van der Waals surface area contributed by atoms with Crippen molar-refractivity contribution in [2.75, 3.05) is 5.32 Å². The average molecular weight is 242 g/mol. The van der Waals surface area contributed by atoms with Gasteiger partial charge in [0.15, 0.2) is 5.82 Å². The Balaban J connectivity index is 1.85. The minimum Gasteiger partial charge on any atom is -0.334 e. The van der Waals surface area contributed by atoms with E-state index in [1.165, 1.54) is 18.0 Å². The normalized spacial score (nSPS) is 9.83. The second-order valence-corrected chi connectivity index (χ2v) is 3.89. The molecular weight excluding hydrogens is 228 g/mol. The van der Waals surface area contributed by atoms with Crippen LogP contribution in [0, 0.1) is 6.92 Å². The molecule has 0 atom stereocenters. The van der Waals surface area contributed by atoms with Crippen LogP contribution in [0.25, 0.3) is 0 Å². The first-order valence-electron chi connectivity index (χ1n) is 5.60. The van der Waals surface area contributed by atoms with Crippen LogP contribution < -0.4 is 10.6 Å². The van der Waals surface area contributed by atoms with Gasteiger partial charge in [-0.3, -0.25) is 10.3 Å². The maximum absolute atomic E-state index is 11.6. The topological polar surface area (TPSA) is 66.9 Å². The summed E-state index contributed by atoms with van der Waals surface area (Å²) in [6.07, 6.45) is 4.57. The molecule has 1 aromatic carbocycles. The smallest absolute Gasteiger partial charge is 0.320 e. The Hall–Kier alpha value is -2.43. The number of carbonyl (C=O) groups excluding carboxylic acids is 1. The Morgan fingerprint density at radius 2 is 2.22 bits per heavy atom. The van der Waals surface area contributed by atoms with Crippen molar-refractivity contribution < 1.29 is 4.79 Å². The van der Waals surface area contributed by atoms with Crippen molar-refractivity contribution in [1.29, 1.82) is 0 Å². The molecule has 2 rings (SSSR count). The number of hydrogen-bond acceptors (Lipinski definition) is 3. The largest absolute Gasteiger partial charge is 0.334 e. The minimum absolute atomic E-state index is 0.294. The standard InChI is InChI=1S/C13H14N4O/c1-10-3-2-4-11(7-10)8-16-13(18)17-12-9-14-5-6-15-12/h2-7,9H,8H2,1H3,(H2,15,16,17,18). The van der Waals surface area contributed by atoms with Crippen LogP contribution in [0.4, 0.5) is 10.6 Å². The van der Waals surface area contributed by atoms with Crippen LogP contribution in [-0.4, -0.2) is 16.0 Å². The van der Waals surface area contributed by atoms with Crippen molar-refractivity contribution in [3.05, 3.63) is 54.0 Å². The predicted molar refractivity (Wildman–Crippen MR) is 69.1 cm³/mol. The molecule has 0 unspecified atom stereocenters. The summed E-state index contributed by atoms with van der Waals surface area (Å²) in [5, 5.41) is 5.36. The Morgan fingerprint density at radius 1 is 1.33 bits per heavy atom. The number of urea groups is 1. The molecule has 18 heavy (non-hydrogen) atoms. The second-order valence-electron chi connectivity index (χ2n) is 3.89. The van der Waals surface area contributed by atoms with Gasteiger partial charge in [-0.25, -0.2) is 9.78 Å². The van der Waals surface area contributed by atoms with Gasteiger partial charge >= 0.3 is 6.03 Å². The van der Waals surface area contributed by atoms with Gasteiger partial charge in [-0.15, -0.1) is 0 Å². The van der Waals surface area contributed by atoms with E-state index in [1.807, 2.05) is 31.2 Å². The third-order valence-electron chi connectivity index (χ3n) is 2.34. The molecule has 0 saturated heterocycles. The maximum Gasteiger partial charge on any atom is 0.320 e. The van der Waals surface area contributed by atoms with Gasteiger partial charge in [0, 0.05) is 18.9 Å². The van der Waals surface area contributed by atoms with E-state index in [4.69, 9.17) is 0 Å². The van der Waals surface area contributed by atoms with Gasteiger partial charge in [0.2, 0.25) is 0 Å². The molecule has 0 spiro atoms. The molecule has 0 aliphatic heterocycles. The predicted octanol–water partition coefficient (Wildman–Crippen LogP) is 2.11. The molecule has 0 saturated carbocycles. The Bertz CT molecular complexity index is 528. The molecule has 0 fully saturated rings. The fourth-order valence-electron chi connectivity index (χ4n) is 1.53. The minimum atomic E-state index is -0.294. The fraction of sp³-hybridized carbons (Fsp3) is 0.154. The van der Waals surface area contributed by atoms with E-state index in [0.29, 0.717) is 12.4 Å². The number of anilines is 1. The number of rotatable bonds is 3. The summed E-state index contributed by atoms with van der Waals surface area (Å²) in [5.41, 5.74) is 2.23. The molecule has 5 nitrogen and oxygen atoms in total. The van der Waals surface area contributed by atoms with Gasteiger partial charge in [-0.1, -0.05) is 29.8 Å². The van der Waals surface area contributed by atoms with E-state index < -0.39 is 0 Å². The van der Waals surface area contributed by atoms with Gasteiger partial charge in [0.25, 0.3) is 0 Å². The average Bonchev–Trinajstić information content (AvgIpc) is 2.38. The number of aryl methyl sites for hydroxylation is 1. The zero-order valence-electron chi connectivity index (χ0n) is 10.1. The Kier molecular flexibility index (Phi) is 3.86. The quantitative estimate of drug-likeness (QED) is 0.866. The zero-order chi connectivity index (χ0) is 12.8. The van der Waals surface area contributed by atoms with E-state index in [-0.39, 0.29) is 6.03 Å². The summed E-state index contributed by atoms with van der Waals surface area (Å²) in [7, 11) is 0. The van der Waals surface area contributed by atoms with Crippen molar-refractivity contribution in [3.63, 3.8) is 0 Å². The van der Waals surface area contributed by atoms with E-state index in [1.54, 1.807) is 6.20 Å². The zero-order valence-corrected chi connectivity index (χ0v) is 10.1. The van der Waals surface area contributed by atoms with Crippen molar-refractivity contribution in [2.45, 2.75) is 13.5 Å². The number of aromatic nitrogens is 2. The molecular formula is C13H14N4O. The highest BCUT2D eigenvalue weighted by molar-refractivity contribution is 5.87. The van der Waals surface area contributed by atoms with Gasteiger partial charge in [0.1, 0.15) is 0 Å². The number of amides is 2. The molecule has 0 aliphatic carbocycles. The van der Waals surface area contributed by atoms with E-state index in [9.17, 15) is 4.79 Å². The highest BCUT2D eigenvalue weighted by atomic mass is 16.2. The highest BCUT2D eigenvalue weighted by Gasteiger charge is 2.02. The fourth-order valence-corrected chi connectivity index (χ4v) is 1.53. The van der Waals surface area contributed by atoms with Crippen molar-refractivity contribution >= 4 is 11.8 Å². The summed E-state index contributed by atoms with van der Waals surface area (Å²) in [4.78, 5) is 19.4. The lowest BCUT2D eigenvalue weighted by Gasteiger charge is -2.07. The molecule has 0 aliphatic rings. The van der Waals surface area contributed by atoms with Crippen LogP contribution in [-0.2, 0) is 6.54 Å². The van der Waals surface area contributed by atoms with Crippen LogP contribution in [0.2, 0.25) is 0 Å². The molecule has 1 aromatic heterocycles. The summed E-state index contributed by atoms with van der Waals surface area (Å²) in [6, 6.07) is 7.69. The van der Waals surface area contributed by atoms with Gasteiger partial charge in [-0.05, 0) is 12.5 Å². The maximum atomic E-state index is 11.6. The first-order chi connectivity index (χ1) is 8.74. The van der Waals surface area contributed by atoms with Crippen LogP contribution in [0.1, 0.15) is 11.1 Å². The van der Waals surface area contributed by atoms with Crippen LogP contribution >= 0.6 is 0 Å². The molecule has 0 bridgehead atoms. The van der Waals surface area contributed by atoms with Gasteiger partial charge < -0.3 is 5.32 Å². The number of carbonyl (C=O) groups is 1. The van der Waals surface area contributed by atoms with E-state index in [0.717, 1.165) is 5.56 Å². The third kappa shape index (κ3) is 3.55. The summed E-state index contributed by atoms with van der Waals surface area (Å²) in [6.45, 7) is 2.50. The van der Waals surface area contributed by atoms with E-state index in [2.05, 4.69) is 20.6 Å². The second kappa shape index (κ2) is 5.77. The third-order valence-corrected chi connectivity index (χ3v) is 2.34. The molecule has 5 heteroatoms. The van der Waals surface area contributed by atoms with Crippen LogP contribution in [0.5, 0.6) is 0 Å². The van der Waals surface area contributed by atoms with Gasteiger partial charge in [0.05, 0.1) is 6.20 Å². The molecule has 2 amide bonds. The van der Waals surface area contributed by atoms with Gasteiger partial charge in [-0.2, -0.15) is 0 Å². The first-order valence-corrected chi connectivity index (χ1v) is 5.60. The van der Waals surface area contributed by atoms with Crippen molar-refractivity contribution in [2.24, 2.45) is 0 Å².